The summed E-state index contributed by atoms with van der Waals surface area (Å²) >= 11 is 1.28. The minimum Gasteiger partial charge on any atom is -0.394 e. The smallest absolute Gasteiger partial charge is 0.273 e. The molecule has 5 nitrogen and oxygen atoms in total. The Bertz CT molecular complexity index is 383. The molecule has 0 heterocycles. The molecule has 0 saturated heterocycles. The van der Waals surface area contributed by atoms with Gasteiger partial charge in [-0.2, -0.15) is 0 Å². The third-order valence-corrected chi connectivity index (χ3v) is 3.17. The SMILES string of the molecule is Cc1ccc(SCC(O)CO)cc1[N+](=O)[O-]. The Labute approximate surface area is 97.3 Å². The second-order valence-electron chi connectivity index (χ2n) is 3.35. The highest BCUT2D eigenvalue weighted by Gasteiger charge is 2.12. The Kier molecular flexibility index (Phi) is 4.72. The van der Waals surface area contributed by atoms with Crippen molar-refractivity contribution in [3.8, 4) is 0 Å². The number of nitrogens with zero attached hydrogens (tertiary/aromatic N) is 1. The molecule has 0 spiro atoms. The first kappa shape index (κ1) is 13.0. The maximum atomic E-state index is 10.7. The number of nitro benzene ring substituents is 1. The normalized spacial score (nSPS) is 12.4. The summed E-state index contributed by atoms with van der Waals surface area (Å²) in [6.45, 7) is 1.37. The Morgan fingerprint density at radius 1 is 1.56 bits per heavy atom. The van der Waals surface area contributed by atoms with Crippen LogP contribution in [-0.2, 0) is 0 Å². The van der Waals surface area contributed by atoms with Crippen LogP contribution in [0.2, 0.25) is 0 Å². The van der Waals surface area contributed by atoms with E-state index >= 15 is 0 Å². The molecule has 0 amide bonds. The summed E-state index contributed by atoms with van der Waals surface area (Å²) in [5.41, 5.74) is 0.681. The molecule has 0 radical (unpaired) electrons. The second-order valence-corrected chi connectivity index (χ2v) is 4.45. The maximum Gasteiger partial charge on any atom is 0.273 e. The predicted octanol–water partition coefficient (Wildman–Crippen LogP) is 1.35. The van der Waals surface area contributed by atoms with Gasteiger partial charge in [-0.1, -0.05) is 6.07 Å². The van der Waals surface area contributed by atoms with Crippen molar-refractivity contribution in [1.29, 1.82) is 0 Å². The van der Waals surface area contributed by atoms with Crippen LogP contribution in [0.4, 0.5) is 5.69 Å². The van der Waals surface area contributed by atoms with E-state index in [1.807, 2.05) is 0 Å². The molecule has 1 aromatic rings. The fourth-order valence-electron chi connectivity index (χ4n) is 1.12. The number of aliphatic hydroxyl groups is 2. The monoisotopic (exact) mass is 243 g/mol. The molecule has 0 saturated carbocycles. The van der Waals surface area contributed by atoms with E-state index in [-0.39, 0.29) is 12.3 Å². The average molecular weight is 243 g/mol. The van der Waals surface area contributed by atoms with Gasteiger partial charge in [-0.25, -0.2) is 0 Å². The van der Waals surface area contributed by atoms with Crippen LogP contribution in [0.15, 0.2) is 23.1 Å². The summed E-state index contributed by atoms with van der Waals surface area (Å²) < 4.78 is 0. The standard InChI is InChI=1S/C10H13NO4S/c1-7-2-3-9(4-10(7)11(14)15)16-6-8(13)5-12/h2-4,8,12-13H,5-6H2,1H3. The average Bonchev–Trinajstić information content (AvgIpc) is 2.27. The Balaban J connectivity index is 2.75. The molecule has 0 aromatic heterocycles. The van der Waals surface area contributed by atoms with Gasteiger partial charge in [-0.3, -0.25) is 10.1 Å². The van der Waals surface area contributed by atoms with Gasteiger partial charge < -0.3 is 10.2 Å². The lowest BCUT2D eigenvalue weighted by atomic mass is 10.2. The summed E-state index contributed by atoms with van der Waals surface area (Å²) in [6, 6.07) is 4.91. The third kappa shape index (κ3) is 3.48. The predicted molar refractivity (Wildman–Crippen MR) is 61.7 cm³/mol. The highest BCUT2D eigenvalue weighted by Crippen LogP contribution is 2.26. The van der Waals surface area contributed by atoms with Gasteiger partial charge in [0.2, 0.25) is 0 Å². The fraction of sp³-hybridized carbons (Fsp3) is 0.400. The van der Waals surface area contributed by atoms with Crippen LogP contribution in [0.1, 0.15) is 5.56 Å². The van der Waals surface area contributed by atoms with Crippen LogP contribution in [0.25, 0.3) is 0 Å². The Hall–Kier alpha value is -1.11. The number of hydrogen-bond donors (Lipinski definition) is 2. The Morgan fingerprint density at radius 3 is 2.81 bits per heavy atom. The molecule has 1 unspecified atom stereocenters. The minimum atomic E-state index is -0.801. The van der Waals surface area contributed by atoms with Crippen LogP contribution in [0, 0.1) is 17.0 Å². The number of aryl methyl sites for hydroxylation is 1. The van der Waals surface area contributed by atoms with Gasteiger partial charge >= 0.3 is 0 Å². The zero-order valence-electron chi connectivity index (χ0n) is 8.79. The molecule has 0 aliphatic rings. The van der Waals surface area contributed by atoms with E-state index in [0.717, 1.165) is 0 Å². The van der Waals surface area contributed by atoms with Gasteiger partial charge in [0.15, 0.2) is 0 Å². The summed E-state index contributed by atoms with van der Waals surface area (Å²) in [4.78, 5) is 11.0. The molecule has 0 aliphatic heterocycles. The number of nitro groups is 1. The van der Waals surface area contributed by atoms with Crippen molar-refractivity contribution in [3.05, 3.63) is 33.9 Å². The van der Waals surface area contributed by atoms with Crippen LogP contribution in [-0.4, -0.2) is 33.6 Å². The van der Waals surface area contributed by atoms with E-state index in [9.17, 15) is 10.1 Å². The van der Waals surface area contributed by atoms with Crippen LogP contribution in [0.5, 0.6) is 0 Å². The van der Waals surface area contributed by atoms with Crippen molar-refractivity contribution in [3.63, 3.8) is 0 Å². The van der Waals surface area contributed by atoms with Crippen LogP contribution < -0.4 is 0 Å². The molecule has 88 valence electrons. The first-order chi connectivity index (χ1) is 7.54. The molecule has 1 aromatic carbocycles. The van der Waals surface area contributed by atoms with E-state index in [0.29, 0.717) is 16.2 Å². The summed E-state index contributed by atoms with van der Waals surface area (Å²) in [6.07, 6.45) is -0.801. The quantitative estimate of drug-likeness (QED) is 0.463. The van der Waals surface area contributed by atoms with E-state index < -0.39 is 11.0 Å². The maximum absolute atomic E-state index is 10.7. The van der Waals surface area contributed by atoms with Crippen LogP contribution in [0.3, 0.4) is 0 Å². The molecule has 1 rings (SSSR count). The zero-order valence-corrected chi connectivity index (χ0v) is 9.61. The van der Waals surface area contributed by atoms with E-state index in [2.05, 4.69) is 0 Å². The fourth-order valence-corrected chi connectivity index (χ4v) is 1.97. The lowest BCUT2D eigenvalue weighted by Gasteiger charge is -2.06. The molecular formula is C10H13NO4S. The van der Waals surface area contributed by atoms with Gasteiger partial charge in [-0.05, 0) is 13.0 Å². The molecular weight excluding hydrogens is 230 g/mol. The van der Waals surface area contributed by atoms with Crippen LogP contribution >= 0.6 is 11.8 Å². The van der Waals surface area contributed by atoms with Gasteiger partial charge in [-0.15, -0.1) is 11.8 Å². The Morgan fingerprint density at radius 2 is 2.25 bits per heavy atom. The minimum absolute atomic E-state index is 0.0727. The largest absolute Gasteiger partial charge is 0.394 e. The lowest BCUT2D eigenvalue weighted by Crippen LogP contribution is -2.14. The molecule has 0 bridgehead atoms. The molecule has 2 N–H and O–H groups in total. The number of rotatable bonds is 5. The zero-order chi connectivity index (χ0) is 12.1. The highest BCUT2D eigenvalue weighted by molar-refractivity contribution is 7.99. The van der Waals surface area contributed by atoms with E-state index in [4.69, 9.17) is 10.2 Å². The van der Waals surface area contributed by atoms with Crippen molar-refractivity contribution in [2.24, 2.45) is 0 Å². The molecule has 16 heavy (non-hydrogen) atoms. The number of aliphatic hydroxyl groups excluding tert-OH is 2. The molecule has 1 atom stereocenters. The van der Waals surface area contributed by atoms with Gasteiger partial charge in [0.25, 0.3) is 5.69 Å². The number of benzene rings is 1. The van der Waals surface area contributed by atoms with Crippen molar-refractivity contribution in [2.45, 2.75) is 17.9 Å². The van der Waals surface area contributed by atoms with Gasteiger partial charge in [0.05, 0.1) is 17.6 Å². The number of hydrogen-bond acceptors (Lipinski definition) is 5. The van der Waals surface area contributed by atoms with Crippen molar-refractivity contribution >= 4 is 17.4 Å². The van der Waals surface area contributed by atoms with Gasteiger partial charge in [0.1, 0.15) is 0 Å². The van der Waals surface area contributed by atoms with E-state index in [1.165, 1.54) is 17.8 Å². The number of thioether (sulfide) groups is 1. The second kappa shape index (κ2) is 5.83. The molecule has 0 fully saturated rings. The highest BCUT2D eigenvalue weighted by atomic mass is 32.2. The first-order valence-electron chi connectivity index (χ1n) is 4.71. The van der Waals surface area contributed by atoms with Crippen molar-refractivity contribution < 1.29 is 15.1 Å². The van der Waals surface area contributed by atoms with Crippen molar-refractivity contribution in [1.82, 2.24) is 0 Å². The lowest BCUT2D eigenvalue weighted by molar-refractivity contribution is -0.385. The van der Waals surface area contributed by atoms with Gasteiger partial charge in [0, 0.05) is 22.3 Å². The van der Waals surface area contributed by atoms with Crippen molar-refractivity contribution in [2.75, 3.05) is 12.4 Å². The third-order valence-electron chi connectivity index (χ3n) is 2.03. The topological polar surface area (TPSA) is 83.6 Å². The summed E-state index contributed by atoms with van der Waals surface area (Å²) in [5, 5.41) is 28.5. The summed E-state index contributed by atoms with van der Waals surface area (Å²) in [5.74, 6) is 0.316. The molecule has 0 aliphatic carbocycles. The van der Waals surface area contributed by atoms with E-state index in [1.54, 1.807) is 19.1 Å². The molecule has 6 heteroatoms. The summed E-state index contributed by atoms with van der Waals surface area (Å²) in [7, 11) is 0. The first-order valence-corrected chi connectivity index (χ1v) is 5.70.